The van der Waals surface area contributed by atoms with Gasteiger partial charge in [-0.05, 0) is 30.7 Å². The fourth-order valence-electron chi connectivity index (χ4n) is 2.33. The van der Waals surface area contributed by atoms with E-state index in [-0.39, 0.29) is 23.0 Å². The number of hydrogen-bond acceptors (Lipinski definition) is 5. The van der Waals surface area contributed by atoms with Crippen LogP contribution in [0.1, 0.15) is 29.4 Å². The highest BCUT2D eigenvalue weighted by Gasteiger charge is 2.30. The summed E-state index contributed by atoms with van der Waals surface area (Å²) in [6.07, 6.45) is 1.38. The van der Waals surface area contributed by atoms with Gasteiger partial charge in [-0.2, -0.15) is 0 Å². The van der Waals surface area contributed by atoms with Gasteiger partial charge < -0.3 is 18.6 Å². The number of amides is 1. The van der Waals surface area contributed by atoms with E-state index in [1.807, 2.05) is 11.5 Å². The number of aryl methyl sites for hydroxylation is 1. The Labute approximate surface area is 126 Å². The minimum atomic E-state index is -0.282. The van der Waals surface area contributed by atoms with E-state index in [2.05, 4.69) is 10.2 Å². The van der Waals surface area contributed by atoms with Crippen molar-refractivity contribution in [1.29, 1.82) is 0 Å². The average Bonchev–Trinajstić information content (AvgIpc) is 3.15. The number of furan rings is 1. The standard InChI is InChI=1S/C13H15ClN4O3/c1-2-17-8-15-16-12(17)10-7-18(5-6-20-10)13(19)9-3-4-11(14)21-9/h3-4,8,10H,2,5-7H2,1H3/t10-/m0/s1. The van der Waals surface area contributed by atoms with Crippen molar-refractivity contribution in [2.45, 2.75) is 19.6 Å². The predicted octanol–water partition coefficient (Wildman–Crippen LogP) is 1.76. The Hall–Kier alpha value is -1.86. The van der Waals surface area contributed by atoms with Crippen molar-refractivity contribution in [3.63, 3.8) is 0 Å². The van der Waals surface area contributed by atoms with Crippen LogP contribution >= 0.6 is 11.6 Å². The molecule has 0 spiro atoms. The summed E-state index contributed by atoms with van der Waals surface area (Å²) in [6.45, 7) is 4.12. The van der Waals surface area contributed by atoms with Crippen molar-refractivity contribution in [2.75, 3.05) is 19.7 Å². The maximum atomic E-state index is 12.4. The highest BCUT2D eigenvalue weighted by atomic mass is 35.5. The number of aromatic nitrogens is 3. The van der Waals surface area contributed by atoms with Crippen molar-refractivity contribution >= 4 is 17.5 Å². The summed E-state index contributed by atoms with van der Waals surface area (Å²) in [5, 5.41) is 8.18. The topological polar surface area (TPSA) is 73.4 Å². The van der Waals surface area contributed by atoms with Gasteiger partial charge >= 0.3 is 0 Å². The third kappa shape index (κ3) is 2.79. The zero-order valence-corrected chi connectivity index (χ0v) is 12.3. The van der Waals surface area contributed by atoms with Crippen molar-refractivity contribution < 1.29 is 13.9 Å². The van der Waals surface area contributed by atoms with Gasteiger partial charge in [-0.3, -0.25) is 4.79 Å². The van der Waals surface area contributed by atoms with Gasteiger partial charge in [0.25, 0.3) is 5.91 Å². The van der Waals surface area contributed by atoms with Crippen LogP contribution in [0.5, 0.6) is 0 Å². The van der Waals surface area contributed by atoms with E-state index in [1.54, 1.807) is 23.4 Å². The van der Waals surface area contributed by atoms with E-state index in [0.717, 1.165) is 12.4 Å². The first-order valence-corrected chi connectivity index (χ1v) is 7.10. The molecule has 0 aromatic carbocycles. The van der Waals surface area contributed by atoms with E-state index < -0.39 is 0 Å². The molecule has 1 fully saturated rings. The molecule has 0 saturated carbocycles. The zero-order chi connectivity index (χ0) is 14.8. The molecule has 0 bridgehead atoms. The maximum absolute atomic E-state index is 12.4. The molecule has 1 amide bonds. The fourth-order valence-corrected chi connectivity index (χ4v) is 2.48. The number of rotatable bonds is 3. The molecule has 0 N–H and O–H groups in total. The monoisotopic (exact) mass is 310 g/mol. The van der Waals surface area contributed by atoms with Gasteiger partial charge in [0.05, 0.1) is 13.2 Å². The minimum Gasteiger partial charge on any atom is -0.440 e. The molecule has 0 aliphatic carbocycles. The van der Waals surface area contributed by atoms with Crippen LogP contribution in [0.2, 0.25) is 5.22 Å². The lowest BCUT2D eigenvalue weighted by Gasteiger charge is -2.31. The summed E-state index contributed by atoms with van der Waals surface area (Å²) < 4.78 is 12.8. The molecule has 3 heterocycles. The van der Waals surface area contributed by atoms with Crippen LogP contribution < -0.4 is 0 Å². The third-order valence-electron chi connectivity index (χ3n) is 3.41. The zero-order valence-electron chi connectivity index (χ0n) is 11.5. The molecule has 1 atom stereocenters. The molecular formula is C13H15ClN4O3. The smallest absolute Gasteiger partial charge is 0.289 e. The number of morpholine rings is 1. The van der Waals surface area contributed by atoms with Crippen LogP contribution in [0, 0.1) is 0 Å². The molecule has 21 heavy (non-hydrogen) atoms. The number of carbonyl (C=O) groups excluding carboxylic acids is 1. The van der Waals surface area contributed by atoms with E-state index in [1.165, 1.54) is 0 Å². The molecule has 1 saturated heterocycles. The first-order valence-electron chi connectivity index (χ1n) is 6.73. The average molecular weight is 311 g/mol. The Balaban J connectivity index is 1.75. The van der Waals surface area contributed by atoms with Gasteiger partial charge in [0.2, 0.25) is 0 Å². The molecule has 2 aromatic heterocycles. The number of hydrogen-bond donors (Lipinski definition) is 0. The lowest BCUT2D eigenvalue weighted by molar-refractivity contribution is -0.0292. The third-order valence-corrected chi connectivity index (χ3v) is 3.61. The molecule has 1 aliphatic rings. The second-order valence-electron chi connectivity index (χ2n) is 4.69. The Morgan fingerprint density at radius 1 is 1.52 bits per heavy atom. The van der Waals surface area contributed by atoms with E-state index in [4.69, 9.17) is 20.8 Å². The summed E-state index contributed by atoms with van der Waals surface area (Å²) >= 11 is 5.71. The SMILES string of the molecule is CCn1cnnc1[C@@H]1CN(C(=O)c2ccc(Cl)o2)CCO1. The molecule has 112 valence electrons. The van der Waals surface area contributed by atoms with Crippen molar-refractivity contribution in [1.82, 2.24) is 19.7 Å². The van der Waals surface area contributed by atoms with Crippen LogP contribution in [0.4, 0.5) is 0 Å². The second-order valence-corrected chi connectivity index (χ2v) is 5.06. The van der Waals surface area contributed by atoms with Gasteiger partial charge in [-0.1, -0.05) is 0 Å². The van der Waals surface area contributed by atoms with Crippen LogP contribution in [-0.2, 0) is 11.3 Å². The summed E-state index contributed by atoms with van der Waals surface area (Å²) in [5.74, 6) is 0.767. The Morgan fingerprint density at radius 3 is 3.10 bits per heavy atom. The second kappa shape index (κ2) is 5.87. The Morgan fingerprint density at radius 2 is 2.38 bits per heavy atom. The molecule has 8 heteroatoms. The van der Waals surface area contributed by atoms with Gasteiger partial charge in [-0.25, -0.2) is 0 Å². The molecule has 0 unspecified atom stereocenters. The number of nitrogens with zero attached hydrogens (tertiary/aromatic N) is 4. The van der Waals surface area contributed by atoms with Gasteiger partial charge in [0.1, 0.15) is 12.4 Å². The normalized spacial score (nSPS) is 19.0. The van der Waals surface area contributed by atoms with E-state index >= 15 is 0 Å². The number of ether oxygens (including phenoxy) is 1. The largest absolute Gasteiger partial charge is 0.440 e. The maximum Gasteiger partial charge on any atom is 0.289 e. The molecule has 1 aliphatic heterocycles. The van der Waals surface area contributed by atoms with Crippen LogP contribution in [0.25, 0.3) is 0 Å². The Kier molecular flexibility index (Phi) is 3.94. The van der Waals surface area contributed by atoms with Gasteiger partial charge in [0, 0.05) is 13.1 Å². The Bertz CT molecular complexity index is 639. The molecule has 3 rings (SSSR count). The minimum absolute atomic E-state index is 0.197. The van der Waals surface area contributed by atoms with E-state index in [9.17, 15) is 4.79 Å². The lowest BCUT2D eigenvalue weighted by atomic mass is 10.2. The first kappa shape index (κ1) is 14.1. The summed E-state index contributed by atoms with van der Waals surface area (Å²) in [5.41, 5.74) is 0. The predicted molar refractivity (Wildman–Crippen MR) is 74.0 cm³/mol. The van der Waals surface area contributed by atoms with E-state index in [0.29, 0.717) is 19.7 Å². The lowest BCUT2D eigenvalue weighted by Crippen LogP contribution is -2.42. The summed E-state index contributed by atoms with van der Waals surface area (Å²) in [6, 6.07) is 3.13. The van der Waals surface area contributed by atoms with Crippen LogP contribution in [0.15, 0.2) is 22.9 Å². The van der Waals surface area contributed by atoms with Crippen molar-refractivity contribution in [2.24, 2.45) is 0 Å². The van der Waals surface area contributed by atoms with Crippen LogP contribution in [0.3, 0.4) is 0 Å². The van der Waals surface area contributed by atoms with Crippen molar-refractivity contribution in [3.8, 4) is 0 Å². The number of halogens is 1. The first-order chi connectivity index (χ1) is 10.2. The summed E-state index contributed by atoms with van der Waals surface area (Å²) in [4.78, 5) is 14.0. The molecule has 2 aromatic rings. The van der Waals surface area contributed by atoms with Gasteiger partial charge in [-0.15, -0.1) is 10.2 Å². The highest BCUT2D eigenvalue weighted by molar-refractivity contribution is 6.29. The molecule has 7 nitrogen and oxygen atoms in total. The quantitative estimate of drug-likeness (QED) is 0.863. The number of carbonyl (C=O) groups is 1. The fraction of sp³-hybridized carbons (Fsp3) is 0.462. The van der Waals surface area contributed by atoms with Gasteiger partial charge in [0.15, 0.2) is 16.8 Å². The van der Waals surface area contributed by atoms with Crippen LogP contribution in [-0.4, -0.2) is 45.3 Å². The molecule has 0 radical (unpaired) electrons. The van der Waals surface area contributed by atoms with Crippen molar-refractivity contribution in [3.05, 3.63) is 35.3 Å². The highest BCUT2D eigenvalue weighted by Crippen LogP contribution is 2.23. The molecular weight excluding hydrogens is 296 g/mol. The summed E-state index contributed by atoms with van der Waals surface area (Å²) in [7, 11) is 0.